The predicted octanol–water partition coefficient (Wildman–Crippen LogP) is 4.34. The van der Waals surface area contributed by atoms with E-state index >= 15 is 0 Å². The lowest BCUT2D eigenvalue weighted by Crippen LogP contribution is -2.05. The third-order valence-corrected chi connectivity index (χ3v) is 3.50. The number of ketones is 1. The molecule has 0 saturated heterocycles. The van der Waals surface area contributed by atoms with E-state index in [9.17, 15) is 9.59 Å². The molecule has 1 heterocycles. The van der Waals surface area contributed by atoms with E-state index in [1.807, 2.05) is 0 Å². The zero-order valence-electron chi connectivity index (χ0n) is 11.5. The van der Waals surface area contributed by atoms with Gasteiger partial charge in [0.2, 0.25) is 0 Å². The summed E-state index contributed by atoms with van der Waals surface area (Å²) in [6.45, 7) is 0. The van der Waals surface area contributed by atoms with E-state index in [0.717, 1.165) is 0 Å². The van der Waals surface area contributed by atoms with Gasteiger partial charge in [0.15, 0.2) is 11.2 Å². The van der Waals surface area contributed by atoms with Gasteiger partial charge in [-0.3, -0.25) is 9.59 Å². The highest BCUT2D eigenvalue weighted by Gasteiger charge is 2.05. The molecule has 3 rings (SSSR count). The standard InChI is InChI=1S/C18H11ClO3/c19-14-8-5-12(6-9-14)16(20)10-7-13-11-22-17-4-2-1-3-15(17)18(13)21/h1-11H. The van der Waals surface area contributed by atoms with E-state index in [1.165, 1.54) is 18.4 Å². The van der Waals surface area contributed by atoms with Crippen molar-refractivity contribution in [2.24, 2.45) is 0 Å². The number of para-hydroxylation sites is 1. The van der Waals surface area contributed by atoms with Crippen molar-refractivity contribution in [2.45, 2.75) is 0 Å². The van der Waals surface area contributed by atoms with Crippen molar-refractivity contribution < 1.29 is 9.21 Å². The van der Waals surface area contributed by atoms with Crippen LogP contribution in [-0.4, -0.2) is 5.78 Å². The van der Waals surface area contributed by atoms with Crippen LogP contribution in [0.3, 0.4) is 0 Å². The van der Waals surface area contributed by atoms with E-state index in [-0.39, 0.29) is 11.2 Å². The molecular weight excluding hydrogens is 300 g/mol. The van der Waals surface area contributed by atoms with Crippen LogP contribution in [0, 0.1) is 0 Å². The first kappa shape index (κ1) is 14.3. The van der Waals surface area contributed by atoms with Gasteiger partial charge < -0.3 is 4.42 Å². The van der Waals surface area contributed by atoms with Gasteiger partial charge in [-0.2, -0.15) is 0 Å². The molecule has 0 aliphatic rings. The Bertz CT molecular complexity index is 921. The minimum atomic E-state index is -0.204. The molecule has 0 aliphatic carbocycles. The first-order valence-corrected chi connectivity index (χ1v) is 7.01. The Labute approximate surface area is 131 Å². The lowest BCUT2D eigenvalue weighted by atomic mass is 10.1. The fourth-order valence-electron chi connectivity index (χ4n) is 2.08. The van der Waals surface area contributed by atoms with Crippen LogP contribution in [0.1, 0.15) is 15.9 Å². The summed E-state index contributed by atoms with van der Waals surface area (Å²) < 4.78 is 5.40. The molecule has 0 saturated carbocycles. The molecule has 0 N–H and O–H groups in total. The van der Waals surface area contributed by atoms with Crippen molar-refractivity contribution in [3.8, 4) is 0 Å². The summed E-state index contributed by atoms with van der Waals surface area (Å²) in [5, 5.41) is 1.05. The molecule has 0 atom stereocenters. The van der Waals surface area contributed by atoms with Gasteiger partial charge in [0, 0.05) is 10.6 Å². The van der Waals surface area contributed by atoms with Crippen LogP contribution in [0.25, 0.3) is 17.0 Å². The Morgan fingerprint density at radius 3 is 2.55 bits per heavy atom. The number of fused-ring (bicyclic) bond motifs is 1. The van der Waals surface area contributed by atoms with Crippen molar-refractivity contribution in [3.05, 3.63) is 87.2 Å². The molecular formula is C18H11ClO3. The lowest BCUT2D eigenvalue weighted by Gasteiger charge is -1.98. The molecule has 0 bridgehead atoms. The molecule has 0 spiro atoms. The van der Waals surface area contributed by atoms with Gasteiger partial charge >= 0.3 is 0 Å². The van der Waals surface area contributed by atoms with Crippen LogP contribution in [0.5, 0.6) is 0 Å². The van der Waals surface area contributed by atoms with Gasteiger partial charge in [0.25, 0.3) is 0 Å². The first-order valence-electron chi connectivity index (χ1n) is 6.64. The van der Waals surface area contributed by atoms with Gasteiger partial charge in [-0.25, -0.2) is 0 Å². The van der Waals surface area contributed by atoms with Crippen LogP contribution < -0.4 is 5.43 Å². The second kappa shape index (κ2) is 6.00. The molecule has 3 nitrogen and oxygen atoms in total. The molecule has 108 valence electrons. The summed E-state index contributed by atoms with van der Waals surface area (Å²) in [4.78, 5) is 24.3. The Kier molecular flexibility index (Phi) is 3.90. The molecule has 0 fully saturated rings. The van der Waals surface area contributed by atoms with Crippen LogP contribution in [0.4, 0.5) is 0 Å². The van der Waals surface area contributed by atoms with Gasteiger partial charge in [0.05, 0.1) is 10.9 Å². The Morgan fingerprint density at radius 2 is 1.77 bits per heavy atom. The van der Waals surface area contributed by atoms with Gasteiger partial charge in [0.1, 0.15) is 11.8 Å². The minimum absolute atomic E-state index is 0.165. The zero-order valence-corrected chi connectivity index (χ0v) is 12.2. The molecule has 4 heteroatoms. The third kappa shape index (κ3) is 2.85. The molecule has 1 aromatic heterocycles. The van der Waals surface area contributed by atoms with Crippen LogP contribution in [-0.2, 0) is 0 Å². The average Bonchev–Trinajstić information content (AvgIpc) is 2.55. The highest BCUT2D eigenvalue weighted by atomic mass is 35.5. The number of hydrogen-bond acceptors (Lipinski definition) is 3. The molecule has 3 aromatic rings. The van der Waals surface area contributed by atoms with E-state index in [2.05, 4.69) is 0 Å². The molecule has 0 unspecified atom stereocenters. The largest absolute Gasteiger partial charge is 0.463 e. The summed E-state index contributed by atoms with van der Waals surface area (Å²) in [5.74, 6) is -0.204. The number of carbonyl (C=O) groups excluding carboxylic acids is 1. The van der Waals surface area contributed by atoms with Crippen molar-refractivity contribution in [3.63, 3.8) is 0 Å². The number of carbonyl (C=O) groups is 1. The van der Waals surface area contributed by atoms with Crippen molar-refractivity contribution in [1.29, 1.82) is 0 Å². The quantitative estimate of drug-likeness (QED) is 0.534. The molecule has 22 heavy (non-hydrogen) atoms. The SMILES string of the molecule is O=C(C=Cc1coc2ccccc2c1=O)c1ccc(Cl)cc1. The summed E-state index contributed by atoms with van der Waals surface area (Å²) >= 11 is 5.78. The molecule has 0 radical (unpaired) electrons. The van der Waals surface area contributed by atoms with Gasteiger partial charge in [-0.15, -0.1) is 0 Å². The van der Waals surface area contributed by atoms with E-state index in [1.54, 1.807) is 48.5 Å². The van der Waals surface area contributed by atoms with E-state index in [0.29, 0.717) is 27.1 Å². The second-order valence-electron chi connectivity index (χ2n) is 4.72. The smallest absolute Gasteiger partial charge is 0.199 e. The number of hydrogen-bond donors (Lipinski definition) is 0. The zero-order chi connectivity index (χ0) is 15.5. The van der Waals surface area contributed by atoms with Crippen molar-refractivity contribution in [2.75, 3.05) is 0 Å². The monoisotopic (exact) mass is 310 g/mol. The fraction of sp³-hybridized carbons (Fsp3) is 0. The Hall–Kier alpha value is -2.65. The number of halogens is 1. The molecule has 0 amide bonds. The topological polar surface area (TPSA) is 47.3 Å². The minimum Gasteiger partial charge on any atom is -0.463 e. The predicted molar refractivity (Wildman–Crippen MR) is 87.3 cm³/mol. The number of rotatable bonds is 3. The maximum absolute atomic E-state index is 12.3. The lowest BCUT2D eigenvalue weighted by molar-refractivity contribution is 0.104. The average molecular weight is 311 g/mol. The maximum atomic E-state index is 12.3. The highest BCUT2D eigenvalue weighted by Crippen LogP contribution is 2.13. The Balaban J connectivity index is 1.92. The van der Waals surface area contributed by atoms with E-state index < -0.39 is 0 Å². The van der Waals surface area contributed by atoms with Crippen LogP contribution >= 0.6 is 11.6 Å². The van der Waals surface area contributed by atoms with Gasteiger partial charge in [-0.05, 0) is 48.6 Å². The van der Waals surface area contributed by atoms with E-state index in [4.69, 9.17) is 16.0 Å². The van der Waals surface area contributed by atoms with Crippen molar-refractivity contribution in [1.82, 2.24) is 0 Å². The normalized spacial score (nSPS) is 11.1. The summed E-state index contributed by atoms with van der Waals surface area (Å²) in [5.41, 5.74) is 1.20. The maximum Gasteiger partial charge on any atom is 0.199 e. The van der Waals surface area contributed by atoms with Gasteiger partial charge in [-0.1, -0.05) is 23.7 Å². The summed E-state index contributed by atoms with van der Waals surface area (Å²) in [6.07, 6.45) is 4.18. The Morgan fingerprint density at radius 1 is 1.05 bits per heavy atom. The van der Waals surface area contributed by atoms with Crippen LogP contribution in [0.15, 0.2) is 70.1 Å². The third-order valence-electron chi connectivity index (χ3n) is 3.25. The van der Waals surface area contributed by atoms with Crippen LogP contribution in [0.2, 0.25) is 5.02 Å². The molecule has 0 aliphatic heterocycles. The number of benzene rings is 2. The van der Waals surface area contributed by atoms with Crippen molar-refractivity contribution >= 4 is 34.4 Å². The molecule has 2 aromatic carbocycles. The summed E-state index contributed by atoms with van der Waals surface area (Å²) in [6, 6.07) is 13.6. The highest BCUT2D eigenvalue weighted by molar-refractivity contribution is 6.30. The number of allylic oxidation sites excluding steroid dienone is 1. The second-order valence-corrected chi connectivity index (χ2v) is 5.16. The first-order chi connectivity index (χ1) is 10.6. The fourth-order valence-corrected chi connectivity index (χ4v) is 2.21. The summed E-state index contributed by atoms with van der Waals surface area (Å²) in [7, 11) is 0.